The summed E-state index contributed by atoms with van der Waals surface area (Å²) >= 11 is 0. The summed E-state index contributed by atoms with van der Waals surface area (Å²) in [6.45, 7) is 1.27. The van der Waals surface area contributed by atoms with Gasteiger partial charge in [0.05, 0.1) is 11.1 Å². The zero-order valence-corrected chi connectivity index (χ0v) is 13.2. The van der Waals surface area contributed by atoms with Crippen molar-refractivity contribution in [2.75, 3.05) is 0 Å². The number of carbonyl (C=O) groups is 1. The molecule has 1 aliphatic heterocycles. The summed E-state index contributed by atoms with van der Waals surface area (Å²) < 4.78 is 79.8. The van der Waals surface area contributed by atoms with E-state index in [1.165, 1.54) is 6.92 Å². The molecule has 0 spiro atoms. The van der Waals surface area contributed by atoms with E-state index >= 15 is 0 Å². The van der Waals surface area contributed by atoms with Crippen molar-refractivity contribution in [3.05, 3.63) is 34.9 Å². The van der Waals surface area contributed by atoms with Crippen LogP contribution in [0.3, 0.4) is 0 Å². The molecule has 0 bridgehead atoms. The van der Waals surface area contributed by atoms with Crippen LogP contribution in [-0.2, 0) is 17.1 Å². The maximum absolute atomic E-state index is 13.5. The van der Waals surface area contributed by atoms with Crippen molar-refractivity contribution in [3.63, 3.8) is 0 Å². The number of nitrogens with zero attached hydrogens (tertiary/aromatic N) is 5. The lowest BCUT2D eigenvalue weighted by Gasteiger charge is -2.30. The maximum Gasteiger partial charge on any atom is 0.416 e. The average molecular weight is 393 g/mol. The first-order valence-corrected chi connectivity index (χ1v) is 7.25. The molecule has 0 amide bonds. The van der Waals surface area contributed by atoms with Crippen LogP contribution < -0.4 is 0 Å². The number of carboxylic acid groups (broad SMARTS) is 1. The van der Waals surface area contributed by atoms with Crippen LogP contribution in [0, 0.1) is 5.92 Å². The highest BCUT2D eigenvalue weighted by atomic mass is 19.4. The Morgan fingerprint density at radius 3 is 2.37 bits per heavy atom. The van der Waals surface area contributed by atoms with E-state index in [0.717, 1.165) is 4.68 Å². The van der Waals surface area contributed by atoms with Crippen LogP contribution in [-0.4, -0.2) is 37.0 Å². The van der Waals surface area contributed by atoms with Gasteiger partial charge in [0.2, 0.25) is 0 Å². The molecule has 1 N–H and O–H groups in total. The standard InChI is InChI=1S/C14H9F6N5O2/c1-5-9(11(26)27)10(25-12(21-5)22-23-24-25)7-3-2-6(13(15,16)17)4-8(7)14(18,19)20/h2-4,9-10H,1H3,(H,26,27). The molecular formula is C14H9F6N5O2. The van der Waals surface area contributed by atoms with Crippen LogP contribution in [0.1, 0.15) is 29.7 Å². The molecule has 0 radical (unpaired) electrons. The summed E-state index contributed by atoms with van der Waals surface area (Å²) in [5, 5.41) is 19.7. The second-order valence-electron chi connectivity index (χ2n) is 5.73. The molecule has 0 fully saturated rings. The number of hydrogen-bond acceptors (Lipinski definition) is 5. The van der Waals surface area contributed by atoms with Crippen LogP contribution in [0.4, 0.5) is 32.3 Å². The molecule has 0 aliphatic carbocycles. The minimum Gasteiger partial charge on any atom is -0.481 e. The quantitative estimate of drug-likeness (QED) is 0.792. The molecule has 2 aromatic rings. The van der Waals surface area contributed by atoms with Crippen molar-refractivity contribution in [1.29, 1.82) is 0 Å². The molecule has 2 heterocycles. The SMILES string of the molecule is CC1=Nc2nnnn2C(c2ccc(C(F)(F)F)cc2C(F)(F)F)C1C(=O)O. The number of hydrogen-bond donors (Lipinski definition) is 1. The molecule has 0 saturated heterocycles. The highest BCUT2D eigenvalue weighted by Crippen LogP contribution is 2.43. The second-order valence-corrected chi connectivity index (χ2v) is 5.73. The zero-order chi connectivity index (χ0) is 20.1. The Labute approximate surface area is 146 Å². The highest BCUT2D eigenvalue weighted by molar-refractivity contribution is 6.02. The van der Waals surface area contributed by atoms with Crippen LogP contribution in [0.5, 0.6) is 0 Å². The van der Waals surface area contributed by atoms with E-state index in [1.54, 1.807) is 0 Å². The van der Waals surface area contributed by atoms with Gasteiger partial charge in [-0.3, -0.25) is 4.79 Å². The third kappa shape index (κ3) is 3.24. The van der Waals surface area contributed by atoms with Crippen LogP contribution in [0.15, 0.2) is 23.2 Å². The minimum atomic E-state index is -5.17. The summed E-state index contributed by atoms with van der Waals surface area (Å²) in [5.41, 5.74) is -3.91. The molecule has 0 saturated carbocycles. The van der Waals surface area contributed by atoms with Gasteiger partial charge in [0, 0.05) is 5.71 Å². The van der Waals surface area contributed by atoms with Crippen molar-refractivity contribution in [1.82, 2.24) is 20.2 Å². The van der Waals surface area contributed by atoms with Crippen molar-refractivity contribution in [3.8, 4) is 0 Å². The molecule has 27 heavy (non-hydrogen) atoms. The molecule has 144 valence electrons. The van der Waals surface area contributed by atoms with Gasteiger partial charge in [0.15, 0.2) is 0 Å². The topological polar surface area (TPSA) is 93.3 Å². The molecule has 2 unspecified atom stereocenters. The van der Waals surface area contributed by atoms with Gasteiger partial charge in [-0.2, -0.15) is 26.3 Å². The highest BCUT2D eigenvalue weighted by Gasteiger charge is 2.45. The predicted octanol–water partition coefficient (Wildman–Crippen LogP) is 3.11. The van der Waals surface area contributed by atoms with Crippen molar-refractivity contribution in [2.24, 2.45) is 10.9 Å². The maximum atomic E-state index is 13.5. The van der Waals surface area contributed by atoms with Gasteiger partial charge in [-0.1, -0.05) is 11.2 Å². The number of fused-ring (bicyclic) bond motifs is 1. The summed E-state index contributed by atoms with van der Waals surface area (Å²) in [6, 6.07) is -0.631. The van der Waals surface area contributed by atoms with E-state index in [2.05, 4.69) is 20.5 Å². The number of tetrazole rings is 1. The molecule has 2 atom stereocenters. The van der Waals surface area contributed by atoms with Crippen molar-refractivity contribution < 1.29 is 36.2 Å². The average Bonchev–Trinajstić information content (AvgIpc) is 2.98. The Balaban J connectivity index is 2.28. The normalized spacial score (nSPS) is 20.2. The first-order chi connectivity index (χ1) is 12.4. The fourth-order valence-electron chi connectivity index (χ4n) is 2.90. The largest absolute Gasteiger partial charge is 0.481 e. The second kappa shape index (κ2) is 6.03. The number of carboxylic acids is 1. The molecule has 1 aromatic heterocycles. The zero-order valence-electron chi connectivity index (χ0n) is 13.2. The lowest BCUT2D eigenvalue weighted by atomic mass is 9.85. The summed E-state index contributed by atoms with van der Waals surface area (Å²) in [6.07, 6.45) is -10.2. The van der Waals surface area contributed by atoms with E-state index < -0.39 is 47.0 Å². The molecule has 3 rings (SSSR count). The Hall–Kier alpha value is -2.99. The predicted molar refractivity (Wildman–Crippen MR) is 76.3 cm³/mol. The summed E-state index contributed by atoms with van der Waals surface area (Å²) in [4.78, 5) is 15.5. The van der Waals surface area contributed by atoms with E-state index in [-0.39, 0.29) is 17.7 Å². The number of aromatic nitrogens is 4. The summed E-state index contributed by atoms with van der Waals surface area (Å²) in [5.74, 6) is -3.36. The van der Waals surface area contributed by atoms with Crippen molar-refractivity contribution >= 4 is 17.6 Å². The van der Waals surface area contributed by atoms with Gasteiger partial charge < -0.3 is 5.11 Å². The van der Waals surface area contributed by atoms with Crippen LogP contribution >= 0.6 is 0 Å². The van der Waals surface area contributed by atoms with Crippen LogP contribution in [0.25, 0.3) is 0 Å². The van der Waals surface area contributed by atoms with Crippen LogP contribution in [0.2, 0.25) is 0 Å². The fourth-order valence-corrected chi connectivity index (χ4v) is 2.90. The minimum absolute atomic E-state index is 0.0562. The van der Waals surface area contributed by atoms with Crippen molar-refractivity contribution in [2.45, 2.75) is 25.3 Å². The molecular weight excluding hydrogens is 384 g/mol. The van der Waals surface area contributed by atoms with Gasteiger partial charge in [0.25, 0.3) is 5.95 Å². The first-order valence-electron chi connectivity index (χ1n) is 7.25. The smallest absolute Gasteiger partial charge is 0.416 e. The van der Waals surface area contributed by atoms with Gasteiger partial charge in [0.1, 0.15) is 12.0 Å². The van der Waals surface area contributed by atoms with E-state index in [4.69, 9.17) is 0 Å². The molecule has 7 nitrogen and oxygen atoms in total. The molecule has 1 aromatic carbocycles. The number of benzene rings is 1. The number of rotatable bonds is 2. The summed E-state index contributed by atoms with van der Waals surface area (Å²) in [7, 11) is 0. The number of halogens is 6. The lowest BCUT2D eigenvalue weighted by molar-refractivity contribution is -0.145. The first kappa shape index (κ1) is 18.8. The van der Waals surface area contributed by atoms with E-state index in [0.29, 0.717) is 12.1 Å². The number of aliphatic imine (C=N–C) groups is 1. The Bertz CT molecular complexity index is 933. The van der Waals surface area contributed by atoms with Gasteiger partial charge in [-0.05, 0) is 35.0 Å². The Morgan fingerprint density at radius 2 is 1.81 bits per heavy atom. The lowest BCUT2D eigenvalue weighted by Crippen LogP contribution is -2.37. The Morgan fingerprint density at radius 1 is 1.15 bits per heavy atom. The van der Waals surface area contributed by atoms with Gasteiger partial charge >= 0.3 is 18.3 Å². The van der Waals surface area contributed by atoms with E-state index in [9.17, 15) is 36.2 Å². The number of alkyl halides is 6. The molecule has 13 heteroatoms. The van der Waals surface area contributed by atoms with Gasteiger partial charge in [-0.25, -0.2) is 9.67 Å². The monoisotopic (exact) mass is 393 g/mol. The van der Waals surface area contributed by atoms with Gasteiger partial charge in [-0.15, -0.1) is 0 Å². The Kier molecular flexibility index (Phi) is 4.19. The third-order valence-corrected chi connectivity index (χ3v) is 4.05. The third-order valence-electron chi connectivity index (χ3n) is 4.05. The number of aliphatic carboxylic acids is 1. The fraction of sp³-hybridized carbons (Fsp3) is 0.357. The molecule has 1 aliphatic rings. The van der Waals surface area contributed by atoms with E-state index in [1.807, 2.05) is 0 Å².